The van der Waals surface area contributed by atoms with Gasteiger partial charge in [-0.15, -0.1) is 0 Å². The Balaban J connectivity index is 2.06. The molecule has 2 aromatic rings. The maximum atomic E-state index is 13.4. The number of hydrogen-bond donors (Lipinski definition) is 0. The van der Waals surface area contributed by atoms with E-state index in [-0.39, 0.29) is 10.8 Å². The first-order valence-corrected chi connectivity index (χ1v) is 11.5. The van der Waals surface area contributed by atoms with E-state index in [1.165, 1.54) is 35.6 Å². The standard InChI is InChI=1S/C23H30N2O3S/c1-15(2)18-9-10-21-19(13-18)8-7-11-25(21)23(26)20-12-16(3)17(4)22(14-20)29(27,28)24(5)6/h9-10,12-15H,7-8,11H2,1-6H3. The first kappa shape index (κ1) is 21.5. The van der Waals surface area contributed by atoms with Gasteiger partial charge >= 0.3 is 0 Å². The van der Waals surface area contributed by atoms with Crippen molar-refractivity contribution in [1.82, 2.24) is 4.31 Å². The summed E-state index contributed by atoms with van der Waals surface area (Å²) in [6.45, 7) is 8.59. The number of hydrogen-bond acceptors (Lipinski definition) is 3. The van der Waals surface area contributed by atoms with Crippen LogP contribution in [-0.2, 0) is 16.4 Å². The van der Waals surface area contributed by atoms with Crippen LogP contribution >= 0.6 is 0 Å². The van der Waals surface area contributed by atoms with Crippen molar-refractivity contribution >= 4 is 21.6 Å². The van der Waals surface area contributed by atoms with Crippen molar-refractivity contribution in [3.8, 4) is 0 Å². The largest absolute Gasteiger partial charge is 0.308 e. The Morgan fingerprint density at radius 2 is 1.79 bits per heavy atom. The second kappa shape index (κ2) is 7.92. The van der Waals surface area contributed by atoms with Gasteiger partial charge in [-0.05, 0) is 73.1 Å². The SMILES string of the molecule is Cc1cc(C(=O)N2CCCc3cc(C(C)C)ccc32)cc(S(=O)(=O)N(C)C)c1C. The number of fused-ring (bicyclic) bond motifs is 1. The second-order valence-electron chi connectivity index (χ2n) is 8.31. The molecule has 0 aliphatic carbocycles. The van der Waals surface area contributed by atoms with Crippen LogP contribution in [0.15, 0.2) is 35.2 Å². The van der Waals surface area contributed by atoms with Crippen LogP contribution in [0.5, 0.6) is 0 Å². The number of amides is 1. The number of rotatable bonds is 4. The van der Waals surface area contributed by atoms with Gasteiger partial charge in [-0.3, -0.25) is 4.79 Å². The van der Waals surface area contributed by atoms with Crippen molar-refractivity contribution in [2.75, 3.05) is 25.5 Å². The number of anilines is 1. The maximum absolute atomic E-state index is 13.4. The fraction of sp³-hybridized carbons (Fsp3) is 0.435. The Hall–Kier alpha value is -2.18. The number of carbonyl (C=O) groups is 1. The van der Waals surface area contributed by atoms with E-state index in [4.69, 9.17) is 0 Å². The van der Waals surface area contributed by atoms with Crippen molar-refractivity contribution in [2.45, 2.75) is 51.3 Å². The molecule has 6 heteroatoms. The maximum Gasteiger partial charge on any atom is 0.258 e. The normalized spacial score (nSPS) is 14.4. The highest BCUT2D eigenvalue weighted by molar-refractivity contribution is 7.89. The zero-order valence-electron chi connectivity index (χ0n) is 18.1. The average Bonchev–Trinajstić information content (AvgIpc) is 2.68. The van der Waals surface area contributed by atoms with Gasteiger partial charge in [0.25, 0.3) is 5.91 Å². The Labute approximate surface area is 174 Å². The van der Waals surface area contributed by atoms with E-state index in [9.17, 15) is 13.2 Å². The van der Waals surface area contributed by atoms with Gasteiger partial charge in [0.1, 0.15) is 0 Å². The Morgan fingerprint density at radius 1 is 1.10 bits per heavy atom. The van der Waals surface area contributed by atoms with Crippen LogP contribution in [0.25, 0.3) is 0 Å². The summed E-state index contributed by atoms with van der Waals surface area (Å²) in [5.41, 5.74) is 5.26. The molecule has 0 unspecified atom stereocenters. The summed E-state index contributed by atoms with van der Waals surface area (Å²) in [6, 6.07) is 9.62. The molecule has 1 aliphatic heterocycles. The molecule has 0 saturated heterocycles. The number of aryl methyl sites for hydroxylation is 2. The summed E-state index contributed by atoms with van der Waals surface area (Å²) in [5, 5.41) is 0. The highest BCUT2D eigenvalue weighted by Crippen LogP contribution is 2.32. The highest BCUT2D eigenvalue weighted by atomic mass is 32.2. The Kier molecular flexibility index (Phi) is 5.88. The molecule has 5 nitrogen and oxygen atoms in total. The third-order valence-corrected chi connectivity index (χ3v) is 7.70. The molecule has 1 amide bonds. The molecule has 0 fully saturated rings. The van der Waals surface area contributed by atoms with Gasteiger partial charge in [-0.1, -0.05) is 26.0 Å². The second-order valence-corrected chi connectivity index (χ2v) is 10.4. The molecule has 3 rings (SSSR count). The number of nitrogens with zero attached hydrogens (tertiary/aromatic N) is 2. The fourth-order valence-electron chi connectivity index (χ4n) is 3.76. The van der Waals surface area contributed by atoms with Gasteiger partial charge in [0.05, 0.1) is 4.90 Å². The lowest BCUT2D eigenvalue weighted by molar-refractivity contribution is 0.0985. The van der Waals surface area contributed by atoms with Crippen LogP contribution in [-0.4, -0.2) is 39.3 Å². The molecule has 156 valence electrons. The van der Waals surface area contributed by atoms with Crippen LogP contribution in [0, 0.1) is 13.8 Å². The van der Waals surface area contributed by atoms with E-state index < -0.39 is 10.0 Å². The van der Waals surface area contributed by atoms with Crippen LogP contribution in [0.3, 0.4) is 0 Å². The molecule has 0 spiro atoms. The predicted octanol–water partition coefficient (Wildman–Crippen LogP) is 4.27. The smallest absolute Gasteiger partial charge is 0.258 e. The van der Waals surface area contributed by atoms with E-state index in [1.807, 2.05) is 13.0 Å². The predicted molar refractivity (Wildman–Crippen MR) is 117 cm³/mol. The van der Waals surface area contributed by atoms with Gasteiger partial charge in [0.15, 0.2) is 0 Å². The number of sulfonamides is 1. The average molecular weight is 415 g/mol. The minimum atomic E-state index is -3.63. The van der Waals surface area contributed by atoms with Crippen molar-refractivity contribution in [1.29, 1.82) is 0 Å². The fourth-order valence-corrected chi connectivity index (χ4v) is 4.98. The zero-order valence-corrected chi connectivity index (χ0v) is 18.9. The molecule has 0 atom stereocenters. The molecule has 2 aromatic carbocycles. The molecule has 1 aliphatic rings. The highest BCUT2D eigenvalue weighted by Gasteiger charge is 2.27. The van der Waals surface area contributed by atoms with E-state index in [1.54, 1.807) is 17.9 Å². The topological polar surface area (TPSA) is 57.7 Å². The van der Waals surface area contributed by atoms with Crippen molar-refractivity contribution in [2.24, 2.45) is 0 Å². The van der Waals surface area contributed by atoms with E-state index >= 15 is 0 Å². The molecule has 0 aromatic heterocycles. The molecular formula is C23H30N2O3S. The van der Waals surface area contributed by atoms with Crippen molar-refractivity contribution in [3.63, 3.8) is 0 Å². The van der Waals surface area contributed by atoms with Crippen LogP contribution < -0.4 is 4.90 Å². The van der Waals surface area contributed by atoms with Gasteiger partial charge in [-0.25, -0.2) is 12.7 Å². The Morgan fingerprint density at radius 3 is 2.41 bits per heavy atom. The lowest BCUT2D eigenvalue weighted by atomic mass is 9.94. The van der Waals surface area contributed by atoms with Crippen LogP contribution in [0.1, 0.15) is 58.8 Å². The molecule has 0 saturated carbocycles. The van der Waals surface area contributed by atoms with Crippen molar-refractivity contribution in [3.05, 3.63) is 58.1 Å². The van der Waals surface area contributed by atoms with Gasteiger partial charge in [0, 0.05) is 31.9 Å². The summed E-state index contributed by atoms with van der Waals surface area (Å²) in [6.07, 6.45) is 1.85. The van der Waals surface area contributed by atoms with Gasteiger partial charge in [-0.2, -0.15) is 0 Å². The minimum Gasteiger partial charge on any atom is -0.308 e. The monoisotopic (exact) mass is 414 g/mol. The summed E-state index contributed by atoms with van der Waals surface area (Å²) >= 11 is 0. The quantitative estimate of drug-likeness (QED) is 0.751. The van der Waals surface area contributed by atoms with Gasteiger partial charge < -0.3 is 4.90 Å². The molecule has 1 heterocycles. The van der Waals surface area contributed by atoms with E-state index in [0.717, 1.165) is 24.1 Å². The molecule has 0 N–H and O–H groups in total. The first-order chi connectivity index (χ1) is 13.5. The Bertz CT molecular complexity index is 1060. The molecule has 29 heavy (non-hydrogen) atoms. The first-order valence-electron chi connectivity index (χ1n) is 10.0. The van der Waals surface area contributed by atoms with Crippen LogP contribution in [0.2, 0.25) is 0 Å². The molecular weight excluding hydrogens is 384 g/mol. The lowest BCUT2D eigenvalue weighted by Crippen LogP contribution is -2.36. The van der Waals surface area contributed by atoms with Crippen molar-refractivity contribution < 1.29 is 13.2 Å². The van der Waals surface area contributed by atoms with Crippen LogP contribution in [0.4, 0.5) is 5.69 Å². The number of carbonyl (C=O) groups excluding carboxylic acids is 1. The summed E-state index contributed by atoms with van der Waals surface area (Å²) in [4.78, 5) is 15.4. The van der Waals surface area contributed by atoms with E-state index in [0.29, 0.717) is 23.6 Å². The summed E-state index contributed by atoms with van der Waals surface area (Å²) in [5.74, 6) is 0.284. The molecule has 0 bridgehead atoms. The molecule has 0 radical (unpaired) electrons. The number of benzene rings is 2. The third kappa shape index (κ3) is 3.96. The third-order valence-electron chi connectivity index (χ3n) is 5.76. The zero-order chi connectivity index (χ0) is 21.5. The summed E-state index contributed by atoms with van der Waals surface area (Å²) < 4.78 is 26.7. The lowest BCUT2D eigenvalue weighted by Gasteiger charge is -2.30. The van der Waals surface area contributed by atoms with Gasteiger partial charge in [0.2, 0.25) is 10.0 Å². The minimum absolute atomic E-state index is 0.151. The summed E-state index contributed by atoms with van der Waals surface area (Å²) in [7, 11) is -0.618. The van der Waals surface area contributed by atoms with E-state index in [2.05, 4.69) is 26.0 Å².